The molecule has 0 unspecified atom stereocenters. The zero-order chi connectivity index (χ0) is 31.6. The van der Waals surface area contributed by atoms with Gasteiger partial charge >= 0.3 is 0 Å². The standard InChI is InChI=1S/C36H36FN7O2/c1-44(2)10-11-46-28-14-24(12-26(37)16-28)31-20-39-21-34-29(31)17-33(41-34)35-30-15-23(8-9-32(30)42-43-35)25-13-27(19-38-18-25)40-36(45)22-6-4-3-5-7-22/h8-9,12-22,41H,3-7,10-11H2,1-2H3,(H,40,45)(H,42,43). The van der Waals surface area contributed by atoms with Gasteiger partial charge in [-0.3, -0.25) is 19.9 Å². The fourth-order valence-electron chi connectivity index (χ4n) is 6.23. The molecule has 0 bridgehead atoms. The third-order valence-electron chi connectivity index (χ3n) is 8.67. The molecular weight excluding hydrogens is 581 g/mol. The van der Waals surface area contributed by atoms with Crippen LogP contribution in [0.1, 0.15) is 32.1 Å². The highest BCUT2D eigenvalue weighted by molar-refractivity contribution is 6.01. The van der Waals surface area contributed by atoms with Crippen molar-refractivity contribution in [3.63, 3.8) is 0 Å². The van der Waals surface area contributed by atoms with Crippen LogP contribution in [0.25, 0.3) is 55.4 Å². The SMILES string of the molecule is CN(C)CCOc1cc(F)cc(-c2cncc3[nH]c(-c4n[nH]c5ccc(-c6cncc(NC(=O)C7CCCCC7)c6)cc45)cc23)c1. The number of anilines is 1. The quantitative estimate of drug-likeness (QED) is 0.156. The first-order valence-electron chi connectivity index (χ1n) is 15.7. The van der Waals surface area contributed by atoms with Crippen molar-refractivity contribution in [2.45, 2.75) is 32.1 Å². The Morgan fingerprint density at radius 2 is 1.76 bits per heavy atom. The number of ether oxygens (including phenoxy) is 1. The Balaban J connectivity index is 1.19. The minimum Gasteiger partial charge on any atom is -0.492 e. The fraction of sp³-hybridized carbons (Fsp3) is 0.278. The Bertz CT molecular complexity index is 2030. The first-order chi connectivity index (χ1) is 22.4. The number of pyridine rings is 2. The highest BCUT2D eigenvalue weighted by atomic mass is 19.1. The molecule has 46 heavy (non-hydrogen) atoms. The molecule has 0 spiro atoms. The predicted octanol–water partition coefficient (Wildman–Crippen LogP) is 7.43. The predicted molar refractivity (Wildman–Crippen MR) is 179 cm³/mol. The molecule has 0 radical (unpaired) electrons. The van der Waals surface area contributed by atoms with Crippen LogP contribution in [0.5, 0.6) is 5.75 Å². The second-order valence-corrected chi connectivity index (χ2v) is 12.3. The van der Waals surface area contributed by atoms with E-state index in [9.17, 15) is 9.18 Å². The Hall–Kier alpha value is -5.09. The summed E-state index contributed by atoms with van der Waals surface area (Å²) in [5.74, 6) is 0.245. The summed E-state index contributed by atoms with van der Waals surface area (Å²) in [5.41, 5.74) is 7.26. The van der Waals surface area contributed by atoms with Gasteiger partial charge in [-0.2, -0.15) is 5.10 Å². The summed E-state index contributed by atoms with van der Waals surface area (Å²) < 4.78 is 20.5. The van der Waals surface area contributed by atoms with Crippen molar-refractivity contribution in [1.82, 2.24) is 30.0 Å². The molecule has 6 aromatic rings. The van der Waals surface area contributed by atoms with Gasteiger partial charge in [0.2, 0.25) is 5.91 Å². The largest absolute Gasteiger partial charge is 0.492 e. The van der Waals surface area contributed by atoms with E-state index in [1.807, 2.05) is 49.3 Å². The van der Waals surface area contributed by atoms with Crippen molar-refractivity contribution >= 4 is 33.4 Å². The molecule has 1 aliphatic carbocycles. The molecule has 0 atom stereocenters. The van der Waals surface area contributed by atoms with Crippen molar-refractivity contribution in [2.75, 3.05) is 32.6 Å². The van der Waals surface area contributed by atoms with E-state index < -0.39 is 0 Å². The molecule has 9 nitrogen and oxygen atoms in total. The van der Waals surface area contributed by atoms with Crippen LogP contribution in [0.15, 0.2) is 73.3 Å². The maximum Gasteiger partial charge on any atom is 0.227 e. The molecule has 1 aliphatic rings. The van der Waals surface area contributed by atoms with Crippen LogP contribution in [0, 0.1) is 11.7 Å². The topological polar surface area (TPSA) is 112 Å². The van der Waals surface area contributed by atoms with Gasteiger partial charge < -0.3 is 19.9 Å². The summed E-state index contributed by atoms with van der Waals surface area (Å²) in [5, 5.41) is 12.7. The number of benzene rings is 2. The second-order valence-electron chi connectivity index (χ2n) is 12.3. The van der Waals surface area contributed by atoms with Gasteiger partial charge in [-0.25, -0.2) is 4.39 Å². The van der Waals surface area contributed by atoms with E-state index in [4.69, 9.17) is 4.74 Å². The third kappa shape index (κ3) is 6.21. The first kappa shape index (κ1) is 29.6. The highest BCUT2D eigenvalue weighted by Crippen LogP contribution is 2.36. The average molecular weight is 618 g/mol. The molecule has 7 rings (SSSR count). The van der Waals surface area contributed by atoms with Gasteiger partial charge in [-0.05, 0) is 74.5 Å². The fourth-order valence-corrected chi connectivity index (χ4v) is 6.23. The molecule has 1 fully saturated rings. The normalized spacial score (nSPS) is 13.9. The van der Waals surface area contributed by atoms with E-state index in [0.29, 0.717) is 23.6 Å². The van der Waals surface area contributed by atoms with Gasteiger partial charge in [0.25, 0.3) is 0 Å². The van der Waals surface area contributed by atoms with Crippen molar-refractivity contribution in [3.05, 3.63) is 79.1 Å². The number of carbonyl (C=O) groups is 1. The number of hydrogen-bond acceptors (Lipinski definition) is 6. The molecule has 0 aliphatic heterocycles. The summed E-state index contributed by atoms with van der Waals surface area (Å²) in [6.07, 6.45) is 12.3. The first-order valence-corrected chi connectivity index (χ1v) is 15.7. The van der Waals surface area contributed by atoms with Crippen LogP contribution in [-0.4, -0.2) is 63.2 Å². The van der Waals surface area contributed by atoms with Crippen LogP contribution >= 0.6 is 0 Å². The molecule has 4 heterocycles. The number of halogens is 1. The number of amides is 1. The smallest absolute Gasteiger partial charge is 0.227 e. The minimum atomic E-state index is -0.372. The number of nitrogens with one attached hydrogen (secondary N) is 3. The number of aromatic nitrogens is 5. The second kappa shape index (κ2) is 12.7. The van der Waals surface area contributed by atoms with Gasteiger partial charge in [-0.15, -0.1) is 0 Å². The van der Waals surface area contributed by atoms with Crippen LogP contribution in [0.4, 0.5) is 10.1 Å². The van der Waals surface area contributed by atoms with E-state index in [2.05, 4.69) is 36.5 Å². The third-order valence-corrected chi connectivity index (χ3v) is 8.67. The number of hydrogen-bond donors (Lipinski definition) is 3. The number of aromatic amines is 2. The Labute approximate surface area is 266 Å². The van der Waals surface area contributed by atoms with Gasteiger partial charge in [0.1, 0.15) is 23.9 Å². The van der Waals surface area contributed by atoms with E-state index in [0.717, 1.165) is 82.1 Å². The van der Waals surface area contributed by atoms with Crippen LogP contribution < -0.4 is 10.1 Å². The van der Waals surface area contributed by atoms with Crippen LogP contribution in [0.2, 0.25) is 0 Å². The lowest BCUT2D eigenvalue weighted by molar-refractivity contribution is -0.120. The summed E-state index contributed by atoms with van der Waals surface area (Å²) in [6, 6.07) is 14.8. The van der Waals surface area contributed by atoms with Gasteiger partial charge in [0.15, 0.2) is 0 Å². The number of likely N-dealkylation sites (N-methyl/N-ethyl adjacent to an activating group) is 1. The van der Waals surface area contributed by atoms with Gasteiger partial charge in [-0.1, -0.05) is 25.3 Å². The summed E-state index contributed by atoms with van der Waals surface area (Å²) in [7, 11) is 3.93. The van der Waals surface area contributed by atoms with Crippen molar-refractivity contribution in [1.29, 1.82) is 0 Å². The molecular formula is C36H36FN7O2. The van der Waals surface area contributed by atoms with E-state index >= 15 is 0 Å². The number of fused-ring (bicyclic) bond motifs is 2. The maximum atomic E-state index is 14.7. The average Bonchev–Trinajstić information content (AvgIpc) is 3.69. The zero-order valence-electron chi connectivity index (χ0n) is 25.9. The number of H-pyrrole nitrogens is 2. The van der Waals surface area contributed by atoms with Crippen LogP contribution in [-0.2, 0) is 4.79 Å². The lowest BCUT2D eigenvalue weighted by Gasteiger charge is -2.20. The minimum absolute atomic E-state index is 0.0682. The van der Waals surface area contributed by atoms with Crippen LogP contribution in [0.3, 0.4) is 0 Å². The lowest BCUT2D eigenvalue weighted by atomic mass is 9.88. The number of rotatable bonds is 9. The van der Waals surface area contributed by atoms with E-state index in [1.165, 1.54) is 18.6 Å². The molecule has 1 amide bonds. The van der Waals surface area contributed by atoms with Gasteiger partial charge in [0, 0.05) is 52.8 Å². The Kier molecular flexibility index (Phi) is 8.19. The molecule has 3 N–H and O–H groups in total. The molecule has 0 saturated heterocycles. The van der Waals surface area contributed by atoms with Gasteiger partial charge in [0.05, 0.1) is 34.8 Å². The maximum absolute atomic E-state index is 14.7. The Morgan fingerprint density at radius 3 is 2.61 bits per heavy atom. The number of nitrogens with zero attached hydrogens (tertiary/aromatic N) is 4. The zero-order valence-corrected chi connectivity index (χ0v) is 25.9. The molecule has 234 valence electrons. The summed E-state index contributed by atoms with van der Waals surface area (Å²) in [6.45, 7) is 1.18. The monoisotopic (exact) mass is 617 g/mol. The Morgan fingerprint density at radius 1 is 0.913 bits per heavy atom. The van der Waals surface area contributed by atoms with Crippen molar-refractivity contribution in [3.8, 4) is 39.4 Å². The van der Waals surface area contributed by atoms with E-state index in [1.54, 1.807) is 24.8 Å². The van der Waals surface area contributed by atoms with Crippen molar-refractivity contribution < 1.29 is 13.9 Å². The molecule has 2 aromatic carbocycles. The highest BCUT2D eigenvalue weighted by Gasteiger charge is 2.21. The molecule has 10 heteroatoms. The number of carbonyl (C=O) groups excluding carboxylic acids is 1. The summed E-state index contributed by atoms with van der Waals surface area (Å²) in [4.78, 5) is 27.2. The van der Waals surface area contributed by atoms with E-state index in [-0.39, 0.29) is 17.6 Å². The molecule has 4 aromatic heterocycles. The lowest BCUT2D eigenvalue weighted by Crippen LogP contribution is -2.24. The summed E-state index contributed by atoms with van der Waals surface area (Å²) >= 11 is 0. The molecule has 1 saturated carbocycles. The van der Waals surface area contributed by atoms with Crippen molar-refractivity contribution in [2.24, 2.45) is 5.92 Å².